The molecule has 68 heavy (non-hydrogen) atoms. The summed E-state index contributed by atoms with van der Waals surface area (Å²) in [6, 6.07) is 8.37. The minimum Gasteiger partial charge on any atom is -0.494 e. The summed E-state index contributed by atoms with van der Waals surface area (Å²) >= 11 is 0. The molecule has 2 aromatic rings. The van der Waals surface area contributed by atoms with Gasteiger partial charge in [-0.25, -0.2) is 0 Å². The number of ether oxygens (including phenoxy) is 1. The Labute approximate surface area is 398 Å². The minimum atomic E-state index is -1.60. The van der Waals surface area contributed by atoms with Gasteiger partial charge in [-0.2, -0.15) is 0 Å². The fourth-order valence-electron chi connectivity index (χ4n) is 8.81. The summed E-state index contributed by atoms with van der Waals surface area (Å²) in [6.07, 6.45) is 4.63. The first-order valence-electron chi connectivity index (χ1n) is 23.6. The molecular formula is C48H71N11O9. The highest BCUT2D eigenvalue weighted by molar-refractivity contribution is 5.98. The van der Waals surface area contributed by atoms with Gasteiger partial charge in [0.15, 0.2) is 5.96 Å². The van der Waals surface area contributed by atoms with Crippen LogP contribution in [0.5, 0.6) is 5.75 Å². The maximum Gasteiger partial charge on any atom is 0.243 e. The van der Waals surface area contributed by atoms with E-state index in [0.29, 0.717) is 43.6 Å². The number of hydrogen-bond acceptors (Lipinski definition) is 10. The Hall–Kier alpha value is -6.73. The van der Waals surface area contributed by atoms with Crippen molar-refractivity contribution in [2.75, 3.05) is 13.2 Å². The number of rotatable bonds is 16. The Bertz CT molecular complexity index is 2070. The largest absolute Gasteiger partial charge is 0.494 e. The van der Waals surface area contributed by atoms with Crippen molar-refractivity contribution in [1.29, 1.82) is 0 Å². The maximum atomic E-state index is 14.5. The number of nitrogens with two attached hydrogens (primary N) is 4. The van der Waals surface area contributed by atoms with Crippen molar-refractivity contribution in [2.45, 2.75) is 147 Å². The molecule has 1 spiro atoms. The molecule has 14 N–H and O–H groups in total. The standard InChI is InChI=1S/C48H71N11O9/c1-4-68-32-19-17-31(18-20-32)26-35-43(64)57-36(25-30-13-7-5-8-14-30)45(66)59-40(29(2)3)46(67)58-37(27-38(49)60)44(65)56-34(42(63)55-33(41(50)62)16-12-24-53-47(51)52)15-11-23-48(28-39(61)54-35)21-9-6-10-22-48/h5,7-8,13-14,17-20,29,33-37,40H,4,6,9-12,15-16,21-28H2,1-3H3,(H2,49,60)(H2,50,62)(H,54,61)(H,55,63)(H,56,65)(H,57,64)(H,58,67)(H,59,66)(H4,51,52,53)/t33-,34?,35+,36-,37-,40-/m0/s1. The van der Waals surface area contributed by atoms with Gasteiger partial charge in [0.2, 0.25) is 47.3 Å². The predicted molar refractivity (Wildman–Crippen MR) is 255 cm³/mol. The summed E-state index contributed by atoms with van der Waals surface area (Å²) in [5, 5.41) is 16.5. The fraction of sp³-hybridized carbons (Fsp3) is 0.562. The Morgan fingerprint density at radius 1 is 0.735 bits per heavy atom. The lowest BCUT2D eigenvalue weighted by atomic mass is 9.68. The molecule has 372 valence electrons. The number of nitrogens with one attached hydrogen (secondary N) is 6. The van der Waals surface area contributed by atoms with E-state index in [1.807, 2.05) is 6.92 Å². The molecule has 1 saturated heterocycles. The lowest BCUT2D eigenvalue weighted by Gasteiger charge is -2.38. The zero-order chi connectivity index (χ0) is 49.8. The van der Waals surface area contributed by atoms with Crippen LogP contribution in [-0.4, -0.2) is 103 Å². The van der Waals surface area contributed by atoms with Gasteiger partial charge >= 0.3 is 0 Å². The molecule has 0 radical (unpaired) electrons. The molecule has 1 aliphatic carbocycles. The number of hydrogen-bond donors (Lipinski definition) is 10. The molecule has 8 amide bonds. The zero-order valence-corrected chi connectivity index (χ0v) is 39.5. The Morgan fingerprint density at radius 3 is 1.93 bits per heavy atom. The number of nitrogens with zero attached hydrogens (tertiary/aromatic N) is 1. The Kier molecular flexibility index (Phi) is 21.1. The van der Waals surface area contributed by atoms with E-state index < -0.39 is 95.4 Å². The van der Waals surface area contributed by atoms with Crippen molar-refractivity contribution >= 4 is 53.2 Å². The van der Waals surface area contributed by atoms with Crippen LogP contribution in [-0.2, 0) is 51.2 Å². The van der Waals surface area contributed by atoms with Gasteiger partial charge in [0.25, 0.3) is 0 Å². The number of amides is 8. The summed E-state index contributed by atoms with van der Waals surface area (Å²) in [5.74, 6) is -6.14. The third-order valence-corrected chi connectivity index (χ3v) is 12.4. The highest BCUT2D eigenvalue weighted by atomic mass is 16.5. The SMILES string of the molecule is CCOc1ccc(C[C@H]2NC(=O)CC3(CCCCC3)CCCC(C(=O)N[C@@H](CCCN=C(N)N)C(N)=O)NC(=O)[C@H](CC(N)=O)NC(=O)[C@H](C(C)C)NC(=O)[C@H](Cc3ccccc3)NC2=O)cc1. The van der Waals surface area contributed by atoms with Gasteiger partial charge < -0.3 is 59.6 Å². The van der Waals surface area contributed by atoms with E-state index >= 15 is 0 Å². The highest BCUT2D eigenvalue weighted by Crippen LogP contribution is 2.43. The first kappa shape index (κ1) is 53.9. The van der Waals surface area contributed by atoms with Gasteiger partial charge in [-0.1, -0.05) is 82.0 Å². The van der Waals surface area contributed by atoms with E-state index in [4.69, 9.17) is 27.7 Å². The number of benzene rings is 2. The molecule has 2 fully saturated rings. The summed E-state index contributed by atoms with van der Waals surface area (Å²) in [6.45, 7) is 5.80. The predicted octanol–water partition coefficient (Wildman–Crippen LogP) is 0.374. The normalized spacial score (nSPS) is 22.5. The quantitative estimate of drug-likeness (QED) is 0.0623. The van der Waals surface area contributed by atoms with Crippen LogP contribution in [0, 0.1) is 11.3 Å². The highest BCUT2D eigenvalue weighted by Gasteiger charge is 2.38. The lowest BCUT2D eigenvalue weighted by Crippen LogP contribution is -2.61. The average molecular weight is 946 g/mol. The van der Waals surface area contributed by atoms with Crippen LogP contribution in [0.25, 0.3) is 0 Å². The third kappa shape index (κ3) is 17.5. The monoisotopic (exact) mass is 946 g/mol. The Morgan fingerprint density at radius 2 is 1.32 bits per heavy atom. The first-order chi connectivity index (χ1) is 32.4. The number of aliphatic imine (C=N–C) groups is 1. The van der Waals surface area contributed by atoms with Crippen LogP contribution in [0.4, 0.5) is 0 Å². The lowest BCUT2D eigenvalue weighted by molar-refractivity contribution is -0.137. The average Bonchev–Trinajstić information content (AvgIpc) is 3.28. The molecule has 4 rings (SSSR count). The molecule has 1 heterocycles. The summed E-state index contributed by atoms with van der Waals surface area (Å²) in [4.78, 5) is 114. The van der Waals surface area contributed by atoms with E-state index in [-0.39, 0.29) is 56.9 Å². The second kappa shape index (κ2) is 26.6. The Balaban J connectivity index is 1.77. The topological polar surface area (TPSA) is 334 Å². The fourth-order valence-corrected chi connectivity index (χ4v) is 8.81. The number of guanidine groups is 1. The molecule has 1 unspecified atom stereocenters. The molecule has 6 atom stereocenters. The summed E-state index contributed by atoms with van der Waals surface area (Å²) < 4.78 is 5.62. The molecule has 2 aromatic carbocycles. The molecular weight excluding hydrogens is 875 g/mol. The number of carbonyl (C=O) groups excluding carboxylic acids is 8. The number of primary amides is 2. The zero-order valence-electron chi connectivity index (χ0n) is 39.5. The van der Waals surface area contributed by atoms with Gasteiger partial charge in [-0.05, 0) is 80.0 Å². The van der Waals surface area contributed by atoms with Crippen molar-refractivity contribution in [1.82, 2.24) is 31.9 Å². The van der Waals surface area contributed by atoms with Gasteiger partial charge in [0.1, 0.15) is 42.0 Å². The second-order valence-corrected chi connectivity index (χ2v) is 18.2. The van der Waals surface area contributed by atoms with Crippen molar-refractivity contribution in [3.63, 3.8) is 0 Å². The second-order valence-electron chi connectivity index (χ2n) is 18.2. The molecule has 2 aliphatic rings. The molecule has 0 aromatic heterocycles. The van der Waals surface area contributed by atoms with Crippen LogP contribution in [0.3, 0.4) is 0 Å². The minimum absolute atomic E-state index is 0.0146. The van der Waals surface area contributed by atoms with Gasteiger partial charge in [0, 0.05) is 25.8 Å². The summed E-state index contributed by atoms with van der Waals surface area (Å²) in [5.41, 5.74) is 23.0. The van der Waals surface area contributed by atoms with Crippen molar-refractivity contribution in [2.24, 2.45) is 39.3 Å². The molecule has 0 bridgehead atoms. The van der Waals surface area contributed by atoms with E-state index in [9.17, 15) is 38.4 Å². The van der Waals surface area contributed by atoms with Gasteiger partial charge in [-0.3, -0.25) is 43.3 Å². The molecule has 1 saturated carbocycles. The first-order valence-corrected chi connectivity index (χ1v) is 23.6. The van der Waals surface area contributed by atoms with E-state index in [1.165, 1.54) is 0 Å². The van der Waals surface area contributed by atoms with Gasteiger partial charge in [-0.15, -0.1) is 0 Å². The van der Waals surface area contributed by atoms with Gasteiger partial charge in [0.05, 0.1) is 13.0 Å². The smallest absolute Gasteiger partial charge is 0.243 e. The van der Waals surface area contributed by atoms with Crippen LogP contribution in [0.15, 0.2) is 59.6 Å². The van der Waals surface area contributed by atoms with Crippen LogP contribution in [0.1, 0.15) is 109 Å². The van der Waals surface area contributed by atoms with Crippen LogP contribution < -0.4 is 59.6 Å². The van der Waals surface area contributed by atoms with E-state index in [0.717, 1.165) is 24.8 Å². The van der Waals surface area contributed by atoms with E-state index in [2.05, 4.69) is 36.9 Å². The molecule has 1 aliphatic heterocycles. The van der Waals surface area contributed by atoms with Crippen LogP contribution >= 0.6 is 0 Å². The maximum absolute atomic E-state index is 14.5. The summed E-state index contributed by atoms with van der Waals surface area (Å²) in [7, 11) is 0. The number of carbonyl (C=O) groups is 8. The van der Waals surface area contributed by atoms with Crippen molar-refractivity contribution in [3.8, 4) is 5.75 Å². The van der Waals surface area contributed by atoms with Crippen molar-refractivity contribution < 1.29 is 43.1 Å². The molecule has 20 heteroatoms. The molecule has 20 nitrogen and oxygen atoms in total. The third-order valence-electron chi connectivity index (χ3n) is 12.4. The van der Waals surface area contributed by atoms with E-state index in [1.54, 1.807) is 68.4 Å². The van der Waals surface area contributed by atoms with Crippen LogP contribution in [0.2, 0.25) is 0 Å². The van der Waals surface area contributed by atoms with Crippen molar-refractivity contribution in [3.05, 3.63) is 65.7 Å².